The van der Waals surface area contributed by atoms with Crippen molar-refractivity contribution in [1.29, 1.82) is 0 Å². The van der Waals surface area contributed by atoms with Gasteiger partial charge in [-0.2, -0.15) is 0 Å². The van der Waals surface area contributed by atoms with Gasteiger partial charge in [-0.25, -0.2) is 13.1 Å². The van der Waals surface area contributed by atoms with Crippen molar-refractivity contribution in [1.82, 2.24) is 14.9 Å². The third-order valence-electron chi connectivity index (χ3n) is 7.10. The lowest BCUT2D eigenvalue weighted by Gasteiger charge is -2.50. The zero-order chi connectivity index (χ0) is 28.2. The molecule has 2 aromatic carbocycles. The van der Waals surface area contributed by atoms with Crippen molar-refractivity contribution in [2.75, 3.05) is 56.0 Å². The van der Waals surface area contributed by atoms with Gasteiger partial charge in [0.25, 0.3) is 0 Å². The van der Waals surface area contributed by atoms with Crippen molar-refractivity contribution in [3.63, 3.8) is 0 Å². The van der Waals surface area contributed by atoms with Crippen LogP contribution in [-0.4, -0.2) is 69.3 Å². The number of ether oxygens (including phenoxy) is 1. The maximum atomic E-state index is 12.2. The van der Waals surface area contributed by atoms with Crippen molar-refractivity contribution in [2.45, 2.75) is 43.6 Å². The van der Waals surface area contributed by atoms with Crippen LogP contribution in [0, 0.1) is 0 Å². The predicted molar refractivity (Wildman–Crippen MR) is 178 cm³/mol. The summed E-state index contributed by atoms with van der Waals surface area (Å²) in [7, 11) is 0.560. The molecule has 1 atom stereocenters. The molecule has 1 heterocycles. The van der Waals surface area contributed by atoms with Crippen LogP contribution in [0.4, 0.5) is 0 Å². The van der Waals surface area contributed by atoms with Gasteiger partial charge in [0.05, 0.1) is 12.4 Å². The number of hydrogen-bond acceptors (Lipinski definition) is 5. The maximum Gasteiger partial charge on any atom is 0.211 e. The summed E-state index contributed by atoms with van der Waals surface area (Å²) in [5.41, 5.74) is 4.08. The lowest BCUT2D eigenvalue weighted by Crippen LogP contribution is -2.49. The van der Waals surface area contributed by atoms with E-state index in [1.165, 1.54) is 23.1 Å². The van der Waals surface area contributed by atoms with Crippen molar-refractivity contribution in [2.24, 2.45) is 0 Å². The molecule has 0 radical (unpaired) electrons. The molecule has 1 fully saturated rings. The van der Waals surface area contributed by atoms with Crippen LogP contribution in [-0.2, 0) is 21.9 Å². The molecule has 1 unspecified atom stereocenters. The van der Waals surface area contributed by atoms with Crippen LogP contribution in [0.5, 0.6) is 5.75 Å². The van der Waals surface area contributed by atoms with Gasteiger partial charge in [0.1, 0.15) is 5.75 Å². The van der Waals surface area contributed by atoms with E-state index in [1.807, 2.05) is 47.1 Å². The molecule has 2 N–H and O–H groups in total. The molecule has 0 amide bonds. The smallest absolute Gasteiger partial charge is 0.211 e. The van der Waals surface area contributed by atoms with Gasteiger partial charge in [-0.15, -0.1) is 0 Å². The largest absolute Gasteiger partial charge is 0.494 e. The molecule has 6 nitrogen and oxygen atoms in total. The molecule has 0 spiro atoms. The van der Waals surface area contributed by atoms with Crippen LogP contribution in [0.3, 0.4) is 0 Å². The third-order valence-corrected chi connectivity index (χ3v) is 8.82. The minimum Gasteiger partial charge on any atom is -0.494 e. The number of halogens is 3. The molecule has 10 heteroatoms. The summed E-state index contributed by atoms with van der Waals surface area (Å²) < 4.78 is 33.0. The summed E-state index contributed by atoms with van der Waals surface area (Å²) in [4.78, 5) is 5.89. The molecular formula is C28H42ClI2N3O3S. The minimum absolute atomic E-state index is 0.0647. The SMILES string of the molecule is CI.CI.CN(C)CCNS(=O)(=O)CCCOc1ccc2c(c1)C(C1(c3ccc(Cl)cc3)CCC1)NCC2. The van der Waals surface area contributed by atoms with E-state index in [4.69, 9.17) is 16.3 Å². The highest BCUT2D eigenvalue weighted by Gasteiger charge is 2.47. The van der Waals surface area contributed by atoms with Gasteiger partial charge in [-0.05, 0) is 97.1 Å². The first kappa shape index (κ1) is 34.0. The van der Waals surface area contributed by atoms with Gasteiger partial charge < -0.3 is 15.0 Å². The molecule has 214 valence electrons. The van der Waals surface area contributed by atoms with Crippen LogP contribution < -0.4 is 14.8 Å². The third kappa shape index (κ3) is 9.44. The second-order valence-electron chi connectivity index (χ2n) is 9.73. The first-order chi connectivity index (χ1) is 18.3. The second-order valence-corrected chi connectivity index (χ2v) is 12.1. The first-order valence-electron chi connectivity index (χ1n) is 12.9. The van der Waals surface area contributed by atoms with Gasteiger partial charge in [0.15, 0.2) is 0 Å². The van der Waals surface area contributed by atoms with Crippen LogP contribution >= 0.6 is 56.8 Å². The Morgan fingerprint density at radius 1 is 1.11 bits per heavy atom. The number of hydrogen-bond donors (Lipinski definition) is 2. The number of alkyl halides is 2. The summed E-state index contributed by atoms with van der Waals surface area (Å²) in [6, 6.07) is 14.9. The number of fused-ring (bicyclic) bond motifs is 1. The summed E-state index contributed by atoms with van der Waals surface area (Å²) in [6.07, 6.45) is 4.97. The number of rotatable bonds is 11. The quantitative estimate of drug-likeness (QED) is 0.166. The molecule has 38 heavy (non-hydrogen) atoms. The van der Waals surface area contributed by atoms with Gasteiger partial charge in [-0.1, -0.05) is 81.4 Å². The van der Waals surface area contributed by atoms with Gasteiger partial charge >= 0.3 is 0 Å². The van der Waals surface area contributed by atoms with Crippen LogP contribution in [0.1, 0.15) is 48.4 Å². The summed E-state index contributed by atoms with van der Waals surface area (Å²) in [5, 5.41) is 4.56. The van der Waals surface area contributed by atoms with E-state index < -0.39 is 10.0 Å². The Balaban J connectivity index is 0.00000121. The average molecular weight is 790 g/mol. The Bertz CT molecular complexity index is 1080. The van der Waals surface area contributed by atoms with Gasteiger partial charge in [0, 0.05) is 29.6 Å². The lowest BCUT2D eigenvalue weighted by molar-refractivity contribution is 0.164. The first-order valence-corrected chi connectivity index (χ1v) is 19.3. The van der Waals surface area contributed by atoms with Crippen molar-refractivity contribution >= 4 is 66.8 Å². The van der Waals surface area contributed by atoms with E-state index in [2.05, 4.69) is 79.5 Å². The maximum absolute atomic E-state index is 12.2. The molecule has 0 saturated heterocycles. The van der Waals surface area contributed by atoms with Crippen LogP contribution in [0.2, 0.25) is 5.02 Å². The normalized spacial score (nSPS) is 17.7. The molecule has 2 aromatic rings. The number of sulfonamides is 1. The standard InChI is InChI=1S/C26H36ClN3O3S.2CH3I/c1-30(2)16-15-29-34(31,32)18-4-17-33-23-10-5-20-11-14-28-25(24(20)19-23)26(12-3-13-26)21-6-8-22(27)9-7-21;2*1-2/h5-10,19,25,28-29H,3-4,11-18H2,1-2H3;2*1H3. The monoisotopic (exact) mass is 789 g/mol. The van der Waals surface area contributed by atoms with Gasteiger partial charge in [-0.3, -0.25) is 0 Å². The summed E-state index contributed by atoms with van der Waals surface area (Å²) in [5.74, 6) is 0.867. The van der Waals surface area contributed by atoms with E-state index in [-0.39, 0.29) is 17.2 Å². The Labute approximate surface area is 262 Å². The summed E-state index contributed by atoms with van der Waals surface area (Å²) in [6.45, 7) is 2.43. The summed E-state index contributed by atoms with van der Waals surface area (Å²) >= 11 is 10.5. The zero-order valence-corrected chi connectivity index (χ0v) is 28.8. The zero-order valence-electron chi connectivity index (χ0n) is 22.9. The van der Waals surface area contributed by atoms with E-state index in [9.17, 15) is 8.42 Å². The molecule has 1 aliphatic carbocycles. The molecule has 0 aromatic heterocycles. The fraction of sp³-hybridized carbons (Fsp3) is 0.571. The highest BCUT2D eigenvalue weighted by Crippen LogP contribution is 2.53. The second kappa shape index (κ2) is 16.9. The van der Waals surface area contributed by atoms with E-state index in [1.54, 1.807) is 0 Å². The Hall–Kier alpha value is -0.180. The van der Waals surface area contributed by atoms with Crippen molar-refractivity contribution in [3.8, 4) is 5.75 Å². The molecule has 0 bridgehead atoms. The Morgan fingerprint density at radius 2 is 1.79 bits per heavy atom. The fourth-order valence-corrected chi connectivity index (χ4v) is 6.30. The molecule has 1 aliphatic heterocycles. The highest BCUT2D eigenvalue weighted by molar-refractivity contribution is 14.1. The molecule has 4 rings (SSSR count). The Morgan fingerprint density at radius 3 is 2.39 bits per heavy atom. The van der Waals surface area contributed by atoms with Crippen LogP contribution in [0.25, 0.3) is 0 Å². The average Bonchev–Trinajstić information content (AvgIpc) is 2.89. The van der Waals surface area contributed by atoms with Crippen LogP contribution in [0.15, 0.2) is 42.5 Å². The minimum atomic E-state index is -3.28. The predicted octanol–water partition coefficient (Wildman–Crippen LogP) is 6.00. The highest BCUT2D eigenvalue weighted by atomic mass is 127. The topological polar surface area (TPSA) is 70.7 Å². The van der Waals surface area contributed by atoms with E-state index >= 15 is 0 Å². The van der Waals surface area contributed by atoms with Crippen molar-refractivity contribution in [3.05, 3.63) is 64.2 Å². The Kier molecular flexibility index (Phi) is 15.2. The number of likely N-dealkylation sites (N-methyl/N-ethyl adjacent to an activating group) is 1. The number of nitrogens with zero attached hydrogens (tertiary/aromatic N) is 1. The van der Waals surface area contributed by atoms with E-state index in [0.29, 0.717) is 26.1 Å². The molecular weight excluding hydrogens is 748 g/mol. The number of benzene rings is 2. The van der Waals surface area contributed by atoms with Crippen molar-refractivity contribution < 1.29 is 13.2 Å². The number of nitrogens with one attached hydrogen (secondary N) is 2. The lowest BCUT2D eigenvalue weighted by atomic mass is 9.58. The fourth-order valence-electron chi connectivity index (χ4n) is 5.13. The van der Waals surface area contributed by atoms with Gasteiger partial charge in [0.2, 0.25) is 10.0 Å². The molecule has 2 aliphatic rings. The molecule has 1 saturated carbocycles. The van der Waals surface area contributed by atoms with E-state index in [0.717, 1.165) is 36.6 Å².